The first kappa shape index (κ1) is 31.1. The van der Waals surface area contributed by atoms with E-state index < -0.39 is 30.9 Å². The second-order valence-electron chi connectivity index (χ2n) is 9.36. The van der Waals surface area contributed by atoms with Gasteiger partial charge in [0.1, 0.15) is 18.9 Å². The molecule has 0 radical (unpaired) electrons. The molecule has 1 aliphatic heterocycles. The van der Waals surface area contributed by atoms with Crippen molar-refractivity contribution >= 4 is 17.2 Å². The van der Waals surface area contributed by atoms with E-state index in [1.165, 1.54) is 16.8 Å². The fourth-order valence-corrected chi connectivity index (χ4v) is 3.28. The third-order valence-electron chi connectivity index (χ3n) is 5.68. The summed E-state index contributed by atoms with van der Waals surface area (Å²) >= 11 is 0. The van der Waals surface area contributed by atoms with Crippen LogP contribution in [0.4, 0.5) is 37.7 Å². The molecule has 0 atom stereocenters. The molecule has 0 unspecified atom stereocenters. The number of para-hydroxylation sites is 2. The van der Waals surface area contributed by atoms with Crippen molar-refractivity contribution in [2.75, 3.05) is 29.9 Å². The first-order valence-corrected chi connectivity index (χ1v) is 11.3. The number of ketones is 1. The maximum atomic E-state index is 12.5. The van der Waals surface area contributed by atoms with E-state index >= 15 is 0 Å². The monoisotopic (exact) mass is 516 g/mol. The molecule has 0 aromatic heterocycles. The predicted octanol–water partition coefficient (Wildman–Crippen LogP) is 7.78. The Labute approximate surface area is 209 Å². The Morgan fingerprint density at radius 1 is 0.944 bits per heavy atom. The fraction of sp³-hybridized carbons (Fsp3) is 0.444. The van der Waals surface area contributed by atoms with Crippen molar-refractivity contribution in [1.82, 2.24) is 0 Å². The van der Waals surface area contributed by atoms with Gasteiger partial charge in [0.2, 0.25) is 0 Å². The van der Waals surface area contributed by atoms with E-state index in [0.29, 0.717) is 17.1 Å². The summed E-state index contributed by atoms with van der Waals surface area (Å²) in [5.41, 5.74) is 2.13. The minimum Gasteiger partial charge on any atom is -0.366 e. The topological polar surface area (TPSA) is 23.6 Å². The summed E-state index contributed by atoms with van der Waals surface area (Å²) in [7, 11) is 1.42. The molecule has 1 aliphatic rings. The number of fused-ring (bicyclic) bond motifs is 1. The SMILES string of the molecule is C=C1N(CC(F)(F)F)c2ccccc2C1(C)C.CC(=O)C(C)C.CN(CC(F)(F)F)c1ccccc1. The van der Waals surface area contributed by atoms with Gasteiger partial charge in [-0.15, -0.1) is 0 Å². The Bertz CT molecular complexity index is 997. The molecule has 3 rings (SSSR count). The van der Waals surface area contributed by atoms with Crippen LogP contribution in [0.1, 0.15) is 40.2 Å². The van der Waals surface area contributed by atoms with Crippen LogP contribution in [-0.2, 0) is 10.2 Å². The van der Waals surface area contributed by atoms with Crippen LogP contribution in [0.3, 0.4) is 0 Å². The highest BCUT2D eigenvalue weighted by molar-refractivity contribution is 5.77. The maximum Gasteiger partial charge on any atom is 0.406 e. The summed E-state index contributed by atoms with van der Waals surface area (Å²) < 4.78 is 73.5. The molecule has 1 heterocycles. The number of Topliss-reactive ketones (excluding diaryl/α,β-unsaturated/α-hetero) is 1. The van der Waals surface area contributed by atoms with Crippen LogP contribution in [0.2, 0.25) is 0 Å². The molecule has 0 spiro atoms. The van der Waals surface area contributed by atoms with Gasteiger partial charge in [-0.2, -0.15) is 26.3 Å². The standard InChI is InChI=1S/C13H14F3N.C9H10F3N.C5H10O/c1-9-12(2,3)10-6-4-5-7-11(10)17(9)8-13(14,15)16;1-13(7-9(10,11)12)8-5-3-2-4-6-8;1-4(2)5(3)6/h4-7H,1,8H2,2-3H3;2-6H,7H2,1H3;4H,1-3H3. The first-order chi connectivity index (χ1) is 16.4. The third-order valence-corrected chi connectivity index (χ3v) is 5.68. The number of hydrogen-bond donors (Lipinski definition) is 0. The van der Waals surface area contributed by atoms with Crippen LogP contribution >= 0.6 is 0 Å². The number of halogens is 6. The molecule has 9 heteroatoms. The van der Waals surface area contributed by atoms with E-state index in [9.17, 15) is 31.1 Å². The van der Waals surface area contributed by atoms with Crippen molar-refractivity contribution in [3.63, 3.8) is 0 Å². The molecular weight excluding hydrogens is 482 g/mol. The molecule has 0 fully saturated rings. The largest absolute Gasteiger partial charge is 0.406 e. The van der Waals surface area contributed by atoms with Gasteiger partial charge in [0.15, 0.2) is 0 Å². The number of benzene rings is 2. The van der Waals surface area contributed by atoms with Gasteiger partial charge >= 0.3 is 12.4 Å². The minimum absolute atomic E-state index is 0.213. The van der Waals surface area contributed by atoms with Gasteiger partial charge in [0.05, 0.1) is 0 Å². The van der Waals surface area contributed by atoms with Crippen molar-refractivity contribution in [1.29, 1.82) is 0 Å². The highest BCUT2D eigenvalue weighted by Gasteiger charge is 2.43. The van der Waals surface area contributed by atoms with Crippen LogP contribution in [0, 0.1) is 5.92 Å². The molecule has 200 valence electrons. The van der Waals surface area contributed by atoms with Gasteiger partial charge in [-0.3, -0.25) is 4.79 Å². The summed E-state index contributed by atoms with van der Waals surface area (Å²) in [4.78, 5) is 12.6. The number of hydrogen-bond acceptors (Lipinski definition) is 3. The molecule has 0 bridgehead atoms. The van der Waals surface area contributed by atoms with Gasteiger partial charge < -0.3 is 9.80 Å². The van der Waals surface area contributed by atoms with E-state index in [1.54, 1.807) is 49.4 Å². The zero-order chi connectivity index (χ0) is 27.9. The lowest BCUT2D eigenvalue weighted by atomic mass is 9.84. The van der Waals surface area contributed by atoms with Gasteiger partial charge in [-0.05, 0) is 30.7 Å². The number of nitrogens with zero attached hydrogens (tertiary/aromatic N) is 2. The van der Waals surface area contributed by atoms with Crippen LogP contribution < -0.4 is 9.80 Å². The molecule has 0 amide bonds. The summed E-state index contributed by atoms with van der Waals surface area (Å²) in [5, 5.41) is 0. The fourth-order valence-electron chi connectivity index (χ4n) is 3.28. The molecule has 0 saturated carbocycles. The van der Waals surface area contributed by atoms with Crippen LogP contribution in [0.5, 0.6) is 0 Å². The second kappa shape index (κ2) is 12.3. The Kier molecular flexibility index (Phi) is 10.6. The lowest BCUT2D eigenvalue weighted by Crippen LogP contribution is -2.34. The number of anilines is 2. The Morgan fingerprint density at radius 2 is 1.42 bits per heavy atom. The van der Waals surface area contributed by atoms with Gasteiger partial charge in [-0.1, -0.05) is 70.7 Å². The number of alkyl halides is 6. The summed E-state index contributed by atoms with van der Waals surface area (Å²) in [6.07, 6.45) is -8.37. The number of carbonyl (C=O) groups excluding carboxylic acids is 1. The lowest BCUT2D eigenvalue weighted by Gasteiger charge is -2.26. The lowest BCUT2D eigenvalue weighted by molar-refractivity contribution is -0.120. The summed E-state index contributed by atoms with van der Waals surface area (Å²) in [6.45, 7) is 11.1. The second-order valence-corrected chi connectivity index (χ2v) is 9.36. The Hall–Kier alpha value is -2.97. The zero-order valence-corrected chi connectivity index (χ0v) is 21.5. The molecular formula is C27H34F6N2O. The first-order valence-electron chi connectivity index (χ1n) is 11.3. The summed E-state index contributed by atoms with van der Waals surface area (Å²) in [6, 6.07) is 15.6. The smallest absolute Gasteiger partial charge is 0.366 e. The molecule has 2 aromatic rings. The molecule has 0 saturated heterocycles. The molecule has 0 N–H and O–H groups in total. The molecule has 2 aromatic carbocycles. The van der Waals surface area contributed by atoms with Gasteiger partial charge in [0.25, 0.3) is 0 Å². The predicted molar refractivity (Wildman–Crippen MR) is 133 cm³/mol. The highest BCUT2D eigenvalue weighted by Crippen LogP contribution is 2.47. The van der Waals surface area contributed by atoms with Gasteiger partial charge in [-0.25, -0.2) is 0 Å². The Balaban J connectivity index is 0.000000302. The normalized spacial score (nSPS) is 14.4. The van der Waals surface area contributed by atoms with Crippen molar-refractivity contribution in [3.05, 3.63) is 72.4 Å². The van der Waals surface area contributed by atoms with E-state index in [-0.39, 0.29) is 11.7 Å². The van der Waals surface area contributed by atoms with Crippen molar-refractivity contribution in [3.8, 4) is 0 Å². The van der Waals surface area contributed by atoms with Crippen molar-refractivity contribution in [2.24, 2.45) is 5.92 Å². The van der Waals surface area contributed by atoms with E-state index in [4.69, 9.17) is 0 Å². The zero-order valence-electron chi connectivity index (χ0n) is 21.5. The third kappa shape index (κ3) is 9.59. The molecule has 36 heavy (non-hydrogen) atoms. The molecule has 0 aliphatic carbocycles. The quantitative estimate of drug-likeness (QED) is 0.388. The van der Waals surface area contributed by atoms with E-state index in [0.717, 1.165) is 5.56 Å². The van der Waals surface area contributed by atoms with Crippen molar-refractivity contribution in [2.45, 2.75) is 52.4 Å². The van der Waals surface area contributed by atoms with Crippen molar-refractivity contribution < 1.29 is 31.1 Å². The highest BCUT2D eigenvalue weighted by atomic mass is 19.4. The maximum absolute atomic E-state index is 12.5. The van der Waals surface area contributed by atoms with E-state index in [2.05, 4.69) is 6.58 Å². The minimum atomic E-state index is -4.23. The number of allylic oxidation sites excluding steroid dienone is 1. The summed E-state index contributed by atoms with van der Waals surface area (Å²) in [5.74, 6) is 0.472. The Morgan fingerprint density at radius 3 is 1.86 bits per heavy atom. The average Bonchev–Trinajstić information content (AvgIpc) is 2.94. The number of carbonyl (C=O) groups is 1. The average molecular weight is 517 g/mol. The van der Waals surface area contributed by atoms with Crippen LogP contribution in [0.15, 0.2) is 66.9 Å². The van der Waals surface area contributed by atoms with Crippen LogP contribution in [0.25, 0.3) is 0 Å². The number of rotatable bonds is 4. The van der Waals surface area contributed by atoms with Crippen LogP contribution in [-0.4, -0.2) is 38.3 Å². The molecule has 3 nitrogen and oxygen atoms in total. The van der Waals surface area contributed by atoms with E-state index in [1.807, 2.05) is 39.8 Å². The van der Waals surface area contributed by atoms with Gasteiger partial charge in [0, 0.05) is 35.5 Å².